The zero-order valence-electron chi connectivity index (χ0n) is 10.4. The Morgan fingerprint density at radius 3 is 2.68 bits per heavy atom. The van der Waals surface area contributed by atoms with Gasteiger partial charge in [0.1, 0.15) is 5.82 Å². The number of nitrogens with one attached hydrogen (secondary N) is 1. The Balaban J connectivity index is 2.18. The third-order valence-electron chi connectivity index (χ3n) is 3.37. The quantitative estimate of drug-likeness (QED) is 0.643. The Morgan fingerprint density at radius 2 is 1.95 bits per heavy atom. The Bertz CT molecular complexity index is 423. The van der Waals surface area contributed by atoms with E-state index in [9.17, 15) is 13.2 Å². The van der Waals surface area contributed by atoms with Crippen molar-refractivity contribution in [2.45, 2.75) is 49.7 Å². The lowest BCUT2D eigenvalue weighted by Gasteiger charge is -2.23. The van der Waals surface area contributed by atoms with Crippen LogP contribution in [0, 0.1) is 0 Å². The van der Waals surface area contributed by atoms with Gasteiger partial charge in [-0.15, -0.1) is 11.6 Å². The van der Waals surface area contributed by atoms with Crippen molar-refractivity contribution < 1.29 is 13.2 Å². The van der Waals surface area contributed by atoms with E-state index in [4.69, 9.17) is 11.6 Å². The number of pyridine rings is 1. The molecule has 0 radical (unpaired) electrons. The maximum atomic E-state index is 12.9. The van der Waals surface area contributed by atoms with Gasteiger partial charge in [-0.25, -0.2) is 4.98 Å². The summed E-state index contributed by atoms with van der Waals surface area (Å²) < 4.78 is 38.6. The molecule has 2 rings (SSSR count). The highest BCUT2D eigenvalue weighted by Crippen LogP contribution is 2.35. The van der Waals surface area contributed by atoms with E-state index in [0.717, 1.165) is 38.2 Å². The van der Waals surface area contributed by atoms with Gasteiger partial charge in [-0.1, -0.05) is 19.3 Å². The molecule has 1 aromatic heterocycles. The zero-order valence-corrected chi connectivity index (χ0v) is 11.1. The molecule has 1 saturated carbocycles. The van der Waals surface area contributed by atoms with Crippen LogP contribution in [0.1, 0.15) is 37.7 Å². The van der Waals surface area contributed by atoms with Crippen LogP contribution in [0.2, 0.25) is 0 Å². The molecule has 2 nitrogen and oxygen atoms in total. The van der Waals surface area contributed by atoms with E-state index < -0.39 is 11.7 Å². The average Bonchev–Trinajstić information content (AvgIpc) is 2.54. The van der Waals surface area contributed by atoms with Crippen molar-refractivity contribution >= 4 is 17.4 Å². The van der Waals surface area contributed by atoms with E-state index in [1.807, 2.05) is 0 Å². The number of anilines is 1. The molecule has 0 aromatic carbocycles. The highest BCUT2D eigenvalue weighted by Gasteiger charge is 2.35. The lowest BCUT2D eigenvalue weighted by Crippen LogP contribution is -2.30. The van der Waals surface area contributed by atoms with Crippen LogP contribution < -0.4 is 5.32 Å². The fourth-order valence-electron chi connectivity index (χ4n) is 2.35. The monoisotopic (exact) mass is 292 g/mol. The molecule has 0 saturated heterocycles. The summed E-state index contributed by atoms with van der Waals surface area (Å²) in [6, 6.07) is 2.18. The van der Waals surface area contributed by atoms with Crippen LogP contribution in [-0.2, 0) is 6.18 Å². The second kappa shape index (κ2) is 5.99. The summed E-state index contributed by atoms with van der Waals surface area (Å²) in [5, 5.41) is 2.74. The molecule has 0 spiro atoms. The molecule has 6 heteroatoms. The molecule has 1 fully saturated rings. The number of aromatic nitrogens is 1. The van der Waals surface area contributed by atoms with E-state index >= 15 is 0 Å². The van der Waals surface area contributed by atoms with Crippen LogP contribution in [0.25, 0.3) is 0 Å². The highest BCUT2D eigenvalue weighted by molar-refractivity contribution is 6.21. The van der Waals surface area contributed by atoms with Crippen molar-refractivity contribution in [2.24, 2.45) is 0 Å². The van der Waals surface area contributed by atoms with Gasteiger partial charge in [0.05, 0.1) is 10.9 Å². The van der Waals surface area contributed by atoms with Gasteiger partial charge in [-0.2, -0.15) is 13.2 Å². The summed E-state index contributed by atoms with van der Waals surface area (Å²) >= 11 is 6.23. The van der Waals surface area contributed by atoms with E-state index in [0.29, 0.717) is 0 Å². The van der Waals surface area contributed by atoms with Crippen LogP contribution in [0.4, 0.5) is 19.0 Å². The first-order valence-corrected chi connectivity index (χ1v) is 6.85. The van der Waals surface area contributed by atoms with Gasteiger partial charge in [0.15, 0.2) is 0 Å². The SMILES string of the molecule is FC(F)(F)c1cccnc1NC1CCCCCC1Cl. The van der Waals surface area contributed by atoms with Gasteiger partial charge in [-0.05, 0) is 25.0 Å². The van der Waals surface area contributed by atoms with Gasteiger partial charge in [-0.3, -0.25) is 0 Å². The lowest BCUT2D eigenvalue weighted by molar-refractivity contribution is -0.137. The average molecular weight is 293 g/mol. The lowest BCUT2D eigenvalue weighted by atomic mass is 10.1. The van der Waals surface area contributed by atoms with Gasteiger partial charge in [0.25, 0.3) is 0 Å². The Labute approximate surface area is 115 Å². The maximum absolute atomic E-state index is 12.9. The highest BCUT2D eigenvalue weighted by atomic mass is 35.5. The number of rotatable bonds is 2. The molecule has 2 unspecified atom stereocenters. The number of hydrogen-bond acceptors (Lipinski definition) is 2. The first-order chi connectivity index (χ1) is 8.98. The van der Waals surface area contributed by atoms with Crippen LogP contribution in [0.5, 0.6) is 0 Å². The van der Waals surface area contributed by atoms with E-state index in [1.54, 1.807) is 0 Å². The molecule has 1 aliphatic rings. The minimum atomic E-state index is -4.40. The normalized spacial score (nSPS) is 24.8. The van der Waals surface area contributed by atoms with Crippen molar-refractivity contribution in [1.29, 1.82) is 0 Å². The Hall–Kier alpha value is -0.970. The molecule has 0 aliphatic heterocycles. The molecule has 0 amide bonds. The summed E-state index contributed by atoms with van der Waals surface area (Å²) in [4.78, 5) is 3.81. The standard InChI is InChI=1S/C13H16ClF3N2/c14-10-6-2-1-3-7-11(10)19-12-9(13(15,16)17)5-4-8-18-12/h4-5,8,10-11H,1-3,6-7H2,(H,18,19). The van der Waals surface area contributed by atoms with Crippen molar-refractivity contribution in [3.05, 3.63) is 23.9 Å². The van der Waals surface area contributed by atoms with Crippen molar-refractivity contribution in [3.63, 3.8) is 0 Å². The van der Waals surface area contributed by atoms with E-state index in [2.05, 4.69) is 10.3 Å². The molecule has 1 aromatic rings. The van der Waals surface area contributed by atoms with E-state index in [1.165, 1.54) is 12.3 Å². The molecular formula is C13H16ClF3N2. The van der Waals surface area contributed by atoms with Gasteiger partial charge < -0.3 is 5.32 Å². The number of hydrogen-bond donors (Lipinski definition) is 1. The smallest absolute Gasteiger partial charge is 0.365 e. The fourth-order valence-corrected chi connectivity index (χ4v) is 2.69. The molecule has 1 N–H and O–H groups in total. The second-order valence-electron chi connectivity index (χ2n) is 4.80. The van der Waals surface area contributed by atoms with Crippen LogP contribution in [0.3, 0.4) is 0 Å². The summed E-state index contributed by atoms with van der Waals surface area (Å²) in [5.74, 6) is -0.118. The van der Waals surface area contributed by atoms with Crippen LogP contribution >= 0.6 is 11.6 Å². The third kappa shape index (κ3) is 3.75. The van der Waals surface area contributed by atoms with Crippen LogP contribution in [-0.4, -0.2) is 16.4 Å². The third-order valence-corrected chi connectivity index (χ3v) is 3.89. The molecule has 106 valence electrons. The van der Waals surface area contributed by atoms with Crippen molar-refractivity contribution in [1.82, 2.24) is 4.98 Å². The van der Waals surface area contributed by atoms with Gasteiger partial charge >= 0.3 is 6.18 Å². The summed E-state index contributed by atoms with van der Waals surface area (Å²) in [7, 11) is 0. The first kappa shape index (κ1) is 14.4. The number of alkyl halides is 4. The predicted molar refractivity (Wildman–Crippen MR) is 69.4 cm³/mol. The molecule has 1 heterocycles. The molecule has 0 bridgehead atoms. The Morgan fingerprint density at radius 1 is 1.21 bits per heavy atom. The minimum Gasteiger partial charge on any atom is -0.365 e. The predicted octanol–water partition coefficient (Wildman–Crippen LogP) is 4.45. The largest absolute Gasteiger partial charge is 0.419 e. The summed E-state index contributed by atoms with van der Waals surface area (Å²) in [5.41, 5.74) is -0.733. The summed E-state index contributed by atoms with van der Waals surface area (Å²) in [6.45, 7) is 0. The number of halogens is 4. The van der Waals surface area contributed by atoms with E-state index in [-0.39, 0.29) is 17.2 Å². The van der Waals surface area contributed by atoms with Crippen molar-refractivity contribution in [3.8, 4) is 0 Å². The van der Waals surface area contributed by atoms with Crippen LogP contribution in [0.15, 0.2) is 18.3 Å². The fraction of sp³-hybridized carbons (Fsp3) is 0.615. The maximum Gasteiger partial charge on any atom is 0.419 e. The topological polar surface area (TPSA) is 24.9 Å². The Kier molecular flexibility index (Phi) is 4.55. The van der Waals surface area contributed by atoms with Gasteiger partial charge in [0.2, 0.25) is 0 Å². The van der Waals surface area contributed by atoms with Gasteiger partial charge in [0, 0.05) is 12.2 Å². The molecule has 2 atom stereocenters. The zero-order chi connectivity index (χ0) is 13.9. The number of nitrogens with zero attached hydrogens (tertiary/aromatic N) is 1. The molecule has 1 aliphatic carbocycles. The first-order valence-electron chi connectivity index (χ1n) is 6.41. The molecular weight excluding hydrogens is 277 g/mol. The second-order valence-corrected chi connectivity index (χ2v) is 5.36. The minimum absolute atomic E-state index is 0.118. The van der Waals surface area contributed by atoms with Crippen molar-refractivity contribution in [2.75, 3.05) is 5.32 Å². The summed E-state index contributed by atoms with van der Waals surface area (Å²) in [6.07, 6.45) is 1.65. The molecule has 19 heavy (non-hydrogen) atoms.